The van der Waals surface area contributed by atoms with Gasteiger partial charge in [-0.25, -0.2) is 4.79 Å². The van der Waals surface area contributed by atoms with Crippen molar-refractivity contribution in [2.45, 2.75) is 51.1 Å². The molecule has 0 heterocycles. The summed E-state index contributed by atoms with van der Waals surface area (Å²) >= 11 is 0. The van der Waals surface area contributed by atoms with Gasteiger partial charge in [0.25, 0.3) is 0 Å². The van der Waals surface area contributed by atoms with Crippen LogP contribution in [0.15, 0.2) is 30.3 Å². The van der Waals surface area contributed by atoms with Gasteiger partial charge in [0, 0.05) is 6.54 Å². The molecule has 0 aromatic heterocycles. The van der Waals surface area contributed by atoms with Crippen LogP contribution < -0.4 is 10.6 Å². The molecule has 0 radical (unpaired) electrons. The lowest BCUT2D eigenvalue weighted by Crippen LogP contribution is -2.50. The number of hydrogen-bond acceptors (Lipinski definition) is 4. The summed E-state index contributed by atoms with van der Waals surface area (Å²) in [5.41, 5.74) is 0.111. The zero-order valence-electron chi connectivity index (χ0n) is 14.6. The third-order valence-electron chi connectivity index (χ3n) is 3.14. The van der Waals surface area contributed by atoms with Crippen molar-refractivity contribution < 1.29 is 27.8 Å². The van der Waals surface area contributed by atoms with Gasteiger partial charge in [-0.05, 0) is 32.8 Å². The smallest absolute Gasteiger partial charge is 0.407 e. The fourth-order valence-corrected chi connectivity index (χ4v) is 2.11. The highest BCUT2D eigenvalue weighted by Gasteiger charge is 2.29. The Morgan fingerprint density at radius 1 is 1.20 bits per heavy atom. The van der Waals surface area contributed by atoms with E-state index in [-0.39, 0.29) is 13.0 Å². The van der Waals surface area contributed by atoms with E-state index in [0.29, 0.717) is 0 Å². The second-order valence-corrected chi connectivity index (χ2v) is 6.76. The molecule has 0 fully saturated rings. The maximum atomic E-state index is 12.2. The SMILES string of the molecule is CC(C)(C)OC(=O)N[C@@H](Cc1ccccc1)[C@H](O)CNCC(F)(F)F. The van der Waals surface area contributed by atoms with Crippen molar-refractivity contribution in [3.8, 4) is 0 Å². The van der Waals surface area contributed by atoms with Gasteiger partial charge in [0.2, 0.25) is 0 Å². The number of aliphatic hydroxyl groups excluding tert-OH is 1. The number of amides is 1. The van der Waals surface area contributed by atoms with Crippen molar-refractivity contribution in [2.24, 2.45) is 0 Å². The quantitative estimate of drug-likeness (QED) is 0.697. The largest absolute Gasteiger partial charge is 0.444 e. The van der Waals surface area contributed by atoms with Gasteiger partial charge in [0.1, 0.15) is 5.60 Å². The summed E-state index contributed by atoms with van der Waals surface area (Å²) in [6.45, 7) is 3.56. The predicted octanol–water partition coefficient (Wildman–Crippen LogP) is 2.64. The molecule has 0 aliphatic heterocycles. The lowest BCUT2D eigenvalue weighted by atomic mass is 10.0. The molecule has 1 aromatic rings. The van der Waals surface area contributed by atoms with Crippen molar-refractivity contribution in [3.05, 3.63) is 35.9 Å². The number of halogens is 3. The van der Waals surface area contributed by atoms with Crippen molar-refractivity contribution in [1.29, 1.82) is 0 Å². The van der Waals surface area contributed by atoms with E-state index in [4.69, 9.17) is 4.74 Å². The Balaban J connectivity index is 2.71. The number of hydrogen-bond donors (Lipinski definition) is 3. The second kappa shape index (κ2) is 9.05. The van der Waals surface area contributed by atoms with Crippen molar-refractivity contribution >= 4 is 6.09 Å². The molecule has 0 spiro atoms. The molecule has 0 aliphatic rings. The Kier molecular flexibility index (Phi) is 7.69. The van der Waals surface area contributed by atoms with E-state index in [9.17, 15) is 23.1 Å². The fraction of sp³-hybridized carbons (Fsp3) is 0.588. The lowest BCUT2D eigenvalue weighted by Gasteiger charge is -2.27. The standard InChI is InChI=1S/C17H25F3N2O3/c1-16(2,3)25-15(24)22-13(9-12-7-5-4-6-8-12)14(23)10-21-11-17(18,19)20/h4-8,13-14,21,23H,9-11H2,1-3H3,(H,22,24)/t13-,14+/m0/s1. The second-order valence-electron chi connectivity index (χ2n) is 6.76. The van der Waals surface area contributed by atoms with Crippen LogP contribution >= 0.6 is 0 Å². The highest BCUT2D eigenvalue weighted by molar-refractivity contribution is 5.68. The molecule has 0 bridgehead atoms. The average Bonchev–Trinajstić information content (AvgIpc) is 2.44. The van der Waals surface area contributed by atoms with E-state index < -0.39 is 36.6 Å². The van der Waals surface area contributed by atoms with Crippen molar-refractivity contribution in [1.82, 2.24) is 10.6 Å². The van der Waals surface area contributed by atoms with Crippen LogP contribution in [0.25, 0.3) is 0 Å². The van der Waals surface area contributed by atoms with Crippen LogP contribution in [-0.4, -0.2) is 48.2 Å². The molecule has 25 heavy (non-hydrogen) atoms. The minimum Gasteiger partial charge on any atom is -0.444 e. The summed E-state index contributed by atoms with van der Waals surface area (Å²) < 4.78 is 41.8. The number of alkyl carbamates (subject to hydrolysis) is 1. The van der Waals surface area contributed by atoms with E-state index in [1.54, 1.807) is 45.0 Å². The third-order valence-corrected chi connectivity index (χ3v) is 3.14. The maximum Gasteiger partial charge on any atom is 0.407 e. The van der Waals surface area contributed by atoms with Crippen molar-refractivity contribution in [3.63, 3.8) is 0 Å². The number of carbonyl (C=O) groups is 1. The van der Waals surface area contributed by atoms with E-state index in [1.165, 1.54) is 0 Å². The predicted molar refractivity (Wildman–Crippen MR) is 88.2 cm³/mol. The van der Waals surface area contributed by atoms with E-state index >= 15 is 0 Å². The Bertz CT molecular complexity index is 530. The Morgan fingerprint density at radius 2 is 1.80 bits per heavy atom. The number of alkyl halides is 3. The van der Waals surface area contributed by atoms with Crippen LogP contribution in [0.5, 0.6) is 0 Å². The minimum atomic E-state index is -4.37. The first-order valence-electron chi connectivity index (χ1n) is 7.95. The minimum absolute atomic E-state index is 0.259. The molecule has 2 atom stereocenters. The van der Waals surface area contributed by atoms with Crippen LogP contribution in [0.2, 0.25) is 0 Å². The Labute approximate surface area is 145 Å². The van der Waals surface area contributed by atoms with E-state index in [1.807, 2.05) is 6.07 Å². The first-order chi connectivity index (χ1) is 11.5. The molecule has 1 aromatic carbocycles. The third kappa shape index (κ3) is 9.93. The fourth-order valence-electron chi connectivity index (χ4n) is 2.11. The Morgan fingerprint density at radius 3 is 2.32 bits per heavy atom. The highest BCUT2D eigenvalue weighted by atomic mass is 19.4. The first kappa shape index (κ1) is 21.2. The molecule has 0 saturated carbocycles. The van der Waals surface area contributed by atoms with Gasteiger partial charge in [-0.15, -0.1) is 0 Å². The lowest BCUT2D eigenvalue weighted by molar-refractivity contribution is -0.125. The van der Waals surface area contributed by atoms with Crippen molar-refractivity contribution in [2.75, 3.05) is 13.1 Å². The van der Waals surface area contributed by atoms with Gasteiger partial charge in [-0.2, -0.15) is 13.2 Å². The molecule has 142 valence electrons. The van der Waals surface area contributed by atoms with Crippen LogP contribution in [0.3, 0.4) is 0 Å². The van der Waals surface area contributed by atoms with Crippen LogP contribution in [-0.2, 0) is 11.2 Å². The van der Waals surface area contributed by atoms with Gasteiger partial charge >= 0.3 is 12.3 Å². The number of aliphatic hydroxyl groups is 1. The first-order valence-corrected chi connectivity index (χ1v) is 7.95. The summed E-state index contributed by atoms with van der Waals surface area (Å²) in [6, 6.07) is 8.24. The molecule has 8 heteroatoms. The number of benzene rings is 1. The van der Waals surface area contributed by atoms with Gasteiger partial charge < -0.3 is 20.5 Å². The molecular formula is C17H25F3N2O3. The van der Waals surface area contributed by atoms with Crippen LogP contribution in [0.4, 0.5) is 18.0 Å². The molecule has 1 rings (SSSR count). The zero-order chi connectivity index (χ0) is 19.1. The molecule has 5 nitrogen and oxygen atoms in total. The zero-order valence-corrected chi connectivity index (χ0v) is 14.6. The summed E-state index contributed by atoms with van der Waals surface area (Å²) in [4.78, 5) is 12.0. The summed E-state index contributed by atoms with van der Waals surface area (Å²) in [5.74, 6) is 0. The van der Waals surface area contributed by atoms with Crippen LogP contribution in [0, 0.1) is 0 Å². The molecule has 0 saturated heterocycles. The van der Waals surface area contributed by atoms with Gasteiger partial charge in [0.05, 0.1) is 18.7 Å². The maximum absolute atomic E-state index is 12.2. The van der Waals surface area contributed by atoms with Gasteiger partial charge in [-0.3, -0.25) is 0 Å². The molecule has 0 unspecified atom stereocenters. The molecular weight excluding hydrogens is 337 g/mol. The number of ether oxygens (including phenoxy) is 1. The monoisotopic (exact) mass is 362 g/mol. The van der Waals surface area contributed by atoms with Gasteiger partial charge in [-0.1, -0.05) is 30.3 Å². The normalized spacial score (nSPS) is 14.7. The molecule has 0 aliphatic carbocycles. The Hall–Kier alpha value is -1.80. The van der Waals surface area contributed by atoms with E-state index in [2.05, 4.69) is 10.6 Å². The topological polar surface area (TPSA) is 70.6 Å². The summed E-state index contributed by atoms with van der Waals surface area (Å²) in [7, 11) is 0. The summed E-state index contributed by atoms with van der Waals surface area (Å²) in [6.07, 6.45) is -6.05. The molecule has 1 amide bonds. The van der Waals surface area contributed by atoms with Crippen LogP contribution in [0.1, 0.15) is 26.3 Å². The highest BCUT2D eigenvalue weighted by Crippen LogP contribution is 2.13. The van der Waals surface area contributed by atoms with Gasteiger partial charge in [0.15, 0.2) is 0 Å². The molecule has 3 N–H and O–H groups in total. The number of rotatable bonds is 7. The average molecular weight is 362 g/mol. The van der Waals surface area contributed by atoms with E-state index in [0.717, 1.165) is 5.56 Å². The number of carbonyl (C=O) groups excluding carboxylic acids is 1. The summed E-state index contributed by atoms with van der Waals surface area (Å²) in [5, 5.41) is 14.9. The number of nitrogens with one attached hydrogen (secondary N) is 2.